The van der Waals surface area contributed by atoms with E-state index in [1.54, 1.807) is 0 Å². The molecule has 1 unspecified atom stereocenters. The Kier molecular flexibility index (Phi) is 4.14. The van der Waals surface area contributed by atoms with Crippen LogP contribution in [0.2, 0.25) is 0 Å². The van der Waals surface area contributed by atoms with E-state index >= 15 is 0 Å². The fourth-order valence-corrected chi connectivity index (χ4v) is 1.55. The van der Waals surface area contributed by atoms with Crippen LogP contribution in [0.1, 0.15) is 26.0 Å². The SMILES string of the molecule is CCCN(C=O)C(C)(C(=O)O)c1cnccn1. The van der Waals surface area contributed by atoms with Gasteiger partial charge in [0, 0.05) is 18.9 Å². The minimum absolute atomic E-state index is 0.244. The molecule has 1 heterocycles. The maximum absolute atomic E-state index is 11.4. The van der Waals surface area contributed by atoms with Crippen LogP contribution in [0.4, 0.5) is 0 Å². The Labute approximate surface area is 99.3 Å². The molecule has 1 aromatic rings. The second-order valence-electron chi connectivity index (χ2n) is 3.77. The van der Waals surface area contributed by atoms with E-state index in [-0.39, 0.29) is 5.69 Å². The first-order valence-corrected chi connectivity index (χ1v) is 5.29. The Bertz CT molecular complexity index is 396. The van der Waals surface area contributed by atoms with Gasteiger partial charge in [-0.1, -0.05) is 6.92 Å². The van der Waals surface area contributed by atoms with Gasteiger partial charge >= 0.3 is 5.97 Å². The summed E-state index contributed by atoms with van der Waals surface area (Å²) in [6, 6.07) is 0. The third-order valence-corrected chi connectivity index (χ3v) is 2.64. The minimum Gasteiger partial charge on any atom is -0.479 e. The summed E-state index contributed by atoms with van der Waals surface area (Å²) in [5.41, 5.74) is -1.24. The Morgan fingerprint density at radius 2 is 2.29 bits per heavy atom. The number of hydrogen-bond acceptors (Lipinski definition) is 4. The van der Waals surface area contributed by atoms with E-state index in [0.29, 0.717) is 19.4 Å². The number of hydrogen-bond donors (Lipinski definition) is 1. The van der Waals surface area contributed by atoms with Crippen molar-refractivity contribution < 1.29 is 14.7 Å². The van der Waals surface area contributed by atoms with Crippen molar-refractivity contribution in [2.24, 2.45) is 0 Å². The third kappa shape index (κ3) is 2.41. The quantitative estimate of drug-likeness (QED) is 0.734. The zero-order valence-electron chi connectivity index (χ0n) is 9.83. The van der Waals surface area contributed by atoms with Crippen molar-refractivity contribution in [1.29, 1.82) is 0 Å². The highest BCUT2D eigenvalue weighted by Gasteiger charge is 2.42. The van der Waals surface area contributed by atoms with E-state index in [1.807, 2.05) is 6.92 Å². The first-order valence-electron chi connectivity index (χ1n) is 5.29. The molecule has 6 nitrogen and oxygen atoms in total. The molecule has 1 rings (SSSR count). The van der Waals surface area contributed by atoms with E-state index in [9.17, 15) is 14.7 Å². The Morgan fingerprint density at radius 1 is 1.59 bits per heavy atom. The van der Waals surface area contributed by atoms with Crippen LogP contribution in [0.15, 0.2) is 18.6 Å². The molecule has 0 saturated carbocycles. The summed E-state index contributed by atoms with van der Waals surface area (Å²) in [6.45, 7) is 3.67. The number of carboxylic acids is 1. The predicted molar refractivity (Wildman–Crippen MR) is 60.1 cm³/mol. The van der Waals surface area contributed by atoms with Crippen molar-refractivity contribution in [1.82, 2.24) is 14.9 Å². The highest BCUT2D eigenvalue weighted by Crippen LogP contribution is 2.25. The molecule has 1 aromatic heterocycles. The van der Waals surface area contributed by atoms with E-state index in [2.05, 4.69) is 9.97 Å². The summed E-state index contributed by atoms with van der Waals surface area (Å²) < 4.78 is 0. The summed E-state index contributed by atoms with van der Waals surface area (Å²) in [5, 5.41) is 9.35. The molecule has 17 heavy (non-hydrogen) atoms. The second kappa shape index (κ2) is 5.38. The maximum atomic E-state index is 11.4. The third-order valence-electron chi connectivity index (χ3n) is 2.64. The Morgan fingerprint density at radius 3 is 2.71 bits per heavy atom. The zero-order chi connectivity index (χ0) is 12.9. The van der Waals surface area contributed by atoms with Crippen molar-refractivity contribution in [3.05, 3.63) is 24.3 Å². The number of nitrogens with zero attached hydrogens (tertiary/aromatic N) is 3. The van der Waals surface area contributed by atoms with Gasteiger partial charge in [0.15, 0.2) is 5.54 Å². The molecule has 92 valence electrons. The van der Waals surface area contributed by atoms with E-state index in [4.69, 9.17) is 0 Å². The maximum Gasteiger partial charge on any atom is 0.335 e. The van der Waals surface area contributed by atoms with Crippen molar-refractivity contribution >= 4 is 12.4 Å². The summed E-state index contributed by atoms with van der Waals surface area (Å²) >= 11 is 0. The molecule has 0 aliphatic carbocycles. The number of aromatic nitrogens is 2. The van der Waals surface area contributed by atoms with Crippen molar-refractivity contribution in [2.75, 3.05) is 6.54 Å². The molecule has 0 radical (unpaired) electrons. The smallest absolute Gasteiger partial charge is 0.335 e. The number of aliphatic carboxylic acids is 1. The molecule has 6 heteroatoms. The average molecular weight is 237 g/mol. The van der Waals surface area contributed by atoms with Crippen LogP contribution in [0.25, 0.3) is 0 Å². The first kappa shape index (κ1) is 13.1. The largest absolute Gasteiger partial charge is 0.479 e. The monoisotopic (exact) mass is 237 g/mol. The van der Waals surface area contributed by atoms with Gasteiger partial charge in [-0.15, -0.1) is 0 Å². The van der Waals surface area contributed by atoms with Crippen LogP contribution < -0.4 is 0 Å². The second-order valence-corrected chi connectivity index (χ2v) is 3.77. The van der Waals surface area contributed by atoms with Gasteiger partial charge in [0.05, 0.1) is 11.9 Å². The lowest BCUT2D eigenvalue weighted by molar-refractivity contribution is -0.155. The fraction of sp³-hybridized carbons (Fsp3) is 0.455. The van der Waals surface area contributed by atoms with Crippen LogP contribution in [-0.2, 0) is 15.1 Å². The normalized spacial score (nSPS) is 13.8. The Hall–Kier alpha value is -1.98. The van der Waals surface area contributed by atoms with Crippen LogP contribution in [0.5, 0.6) is 0 Å². The van der Waals surface area contributed by atoms with E-state index < -0.39 is 11.5 Å². The van der Waals surface area contributed by atoms with Crippen molar-refractivity contribution in [3.8, 4) is 0 Å². The zero-order valence-corrected chi connectivity index (χ0v) is 9.83. The number of amides is 1. The predicted octanol–water partition coefficient (Wildman–Crippen LogP) is 0.645. The average Bonchev–Trinajstić information content (AvgIpc) is 2.35. The molecular weight excluding hydrogens is 222 g/mol. The molecule has 1 N–H and O–H groups in total. The topological polar surface area (TPSA) is 83.4 Å². The lowest BCUT2D eigenvalue weighted by atomic mass is 9.96. The van der Waals surface area contributed by atoms with Gasteiger partial charge < -0.3 is 10.0 Å². The molecule has 0 spiro atoms. The summed E-state index contributed by atoms with van der Waals surface area (Å²) in [5.74, 6) is -1.13. The van der Waals surface area contributed by atoms with Crippen LogP contribution in [0, 0.1) is 0 Å². The molecule has 0 saturated heterocycles. The lowest BCUT2D eigenvalue weighted by Crippen LogP contribution is -2.50. The molecule has 1 atom stereocenters. The number of rotatable bonds is 6. The molecule has 0 fully saturated rings. The molecule has 0 aliphatic rings. The highest BCUT2D eigenvalue weighted by atomic mass is 16.4. The first-order chi connectivity index (χ1) is 8.07. The van der Waals surface area contributed by atoms with Gasteiger partial charge in [-0.3, -0.25) is 14.8 Å². The van der Waals surface area contributed by atoms with Crippen LogP contribution >= 0.6 is 0 Å². The van der Waals surface area contributed by atoms with Gasteiger partial charge in [0.1, 0.15) is 0 Å². The number of carbonyl (C=O) groups excluding carboxylic acids is 1. The van der Waals surface area contributed by atoms with Gasteiger partial charge in [-0.25, -0.2) is 4.79 Å². The van der Waals surface area contributed by atoms with Gasteiger partial charge in [0.2, 0.25) is 6.41 Å². The molecule has 0 aliphatic heterocycles. The molecular formula is C11H15N3O3. The molecule has 0 aromatic carbocycles. The Balaban J connectivity index is 3.22. The van der Waals surface area contributed by atoms with Gasteiger partial charge in [-0.05, 0) is 13.3 Å². The van der Waals surface area contributed by atoms with Crippen LogP contribution in [-0.4, -0.2) is 38.9 Å². The molecule has 0 bridgehead atoms. The van der Waals surface area contributed by atoms with Gasteiger partial charge in [0.25, 0.3) is 0 Å². The fourth-order valence-electron chi connectivity index (χ4n) is 1.55. The van der Waals surface area contributed by atoms with E-state index in [0.717, 1.165) is 0 Å². The highest BCUT2D eigenvalue weighted by molar-refractivity contribution is 5.82. The lowest BCUT2D eigenvalue weighted by Gasteiger charge is -2.34. The minimum atomic E-state index is -1.48. The standard InChI is InChI=1S/C11H15N3O3/c1-3-6-14(8-15)11(2,10(16)17)9-7-12-4-5-13-9/h4-5,7-8H,3,6H2,1-2H3,(H,16,17). The summed E-state index contributed by atoms with van der Waals surface area (Å²) in [6.07, 6.45) is 5.43. The van der Waals surface area contributed by atoms with Crippen molar-refractivity contribution in [3.63, 3.8) is 0 Å². The summed E-state index contributed by atoms with van der Waals surface area (Å²) in [4.78, 5) is 31.5. The van der Waals surface area contributed by atoms with E-state index in [1.165, 1.54) is 30.4 Å². The summed E-state index contributed by atoms with van der Waals surface area (Å²) in [7, 11) is 0. The molecule has 1 amide bonds. The number of carboxylic acid groups (broad SMARTS) is 1. The number of carbonyl (C=O) groups is 2. The van der Waals surface area contributed by atoms with Gasteiger partial charge in [-0.2, -0.15) is 0 Å². The van der Waals surface area contributed by atoms with Crippen LogP contribution in [0.3, 0.4) is 0 Å². The van der Waals surface area contributed by atoms with Crippen molar-refractivity contribution in [2.45, 2.75) is 25.8 Å².